The number of phenols is 1. The van der Waals surface area contributed by atoms with Crippen molar-refractivity contribution in [1.29, 1.82) is 0 Å². The first-order chi connectivity index (χ1) is 8.19. The fourth-order valence-electron chi connectivity index (χ4n) is 1.35. The second-order valence-electron chi connectivity index (χ2n) is 3.39. The normalized spacial score (nSPS) is 10.2. The third-order valence-corrected chi connectivity index (χ3v) is 3.77. The zero-order valence-corrected chi connectivity index (χ0v) is 11.6. The Labute approximate surface area is 113 Å². The van der Waals surface area contributed by atoms with Crippen LogP contribution in [0.25, 0.3) is 0 Å². The van der Waals surface area contributed by atoms with Crippen molar-refractivity contribution in [3.8, 4) is 11.5 Å². The SMILES string of the molecule is COc1ccc(Sc2ccc(Br)cc2O)cc1. The Balaban J connectivity index is 2.19. The van der Waals surface area contributed by atoms with Gasteiger partial charge in [-0.1, -0.05) is 27.7 Å². The first kappa shape index (κ1) is 12.3. The van der Waals surface area contributed by atoms with Crippen LogP contribution in [0.15, 0.2) is 56.7 Å². The maximum atomic E-state index is 9.78. The molecule has 0 spiro atoms. The van der Waals surface area contributed by atoms with E-state index in [1.807, 2.05) is 36.4 Å². The average molecular weight is 311 g/mol. The molecule has 1 N–H and O–H groups in total. The molecule has 2 aromatic rings. The van der Waals surface area contributed by atoms with Crippen molar-refractivity contribution in [3.05, 3.63) is 46.9 Å². The average Bonchev–Trinajstić information content (AvgIpc) is 2.34. The van der Waals surface area contributed by atoms with Gasteiger partial charge >= 0.3 is 0 Å². The molecule has 4 heteroatoms. The predicted octanol–water partition coefficient (Wildman–Crippen LogP) is 4.31. The van der Waals surface area contributed by atoms with E-state index >= 15 is 0 Å². The molecular weight excluding hydrogens is 300 g/mol. The molecule has 0 saturated heterocycles. The van der Waals surface area contributed by atoms with Crippen LogP contribution in [0.2, 0.25) is 0 Å². The number of rotatable bonds is 3. The molecule has 0 amide bonds. The Morgan fingerprint density at radius 3 is 2.41 bits per heavy atom. The molecule has 0 unspecified atom stereocenters. The van der Waals surface area contributed by atoms with Crippen molar-refractivity contribution >= 4 is 27.7 Å². The number of benzene rings is 2. The number of ether oxygens (including phenoxy) is 1. The second kappa shape index (κ2) is 5.47. The van der Waals surface area contributed by atoms with Gasteiger partial charge in [0.25, 0.3) is 0 Å². The Bertz CT molecular complexity index is 511. The maximum Gasteiger partial charge on any atom is 0.130 e. The molecule has 0 atom stereocenters. The lowest BCUT2D eigenvalue weighted by molar-refractivity contribution is 0.414. The standard InChI is InChI=1S/C13H11BrO2S/c1-16-10-3-5-11(6-4-10)17-13-7-2-9(14)8-12(13)15/h2-8,15H,1H3. The summed E-state index contributed by atoms with van der Waals surface area (Å²) in [7, 11) is 1.64. The van der Waals surface area contributed by atoms with E-state index in [1.54, 1.807) is 13.2 Å². The van der Waals surface area contributed by atoms with E-state index in [4.69, 9.17) is 4.74 Å². The van der Waals surface area contributed by atoms with E-state index in [-0.39, 0.29) is 5.75 Å². The summed E-state index contributed by atoms with van der Waals surface area (Å²) in [5, 5.41) is 9.78. The van der Waals surface area contributed by atoms with Crippen LogP contribution in [0.1, 0.15) is 0 Å². The predicted molar refractivity (Wildman–Crippen MR) is 72.9 cm³/mol. The Morgan fingerprint density at radius 2 is 1.82 bits per heavy atom. The van der Waals surface area contributed by atoms with E-state index in [9.17, 15) is 5.11 Å². The van der Waals surface area contributed by atoms with Crippen LogP contribution in [0.3, 0.4) is 0 Å². The number of phenolic OH excluding ortho intramolecular Hbond substituents is 1. The van der Waals surface area contributed by atoms with Gasteiger partial charge in [0, 0.05) is 9.37 Å². The number of hydrogen-bond donors (Lipinski definition) is 1. The molecule has 0 aliphatic rings. The summed E-state index contributed by atoms with van der Waals surface area (Å²) in [5.41, 5.74) is 0. The first-order valence-electron chi connectivity index (χ1n) is 4.99. The van der Waals surface area contributed by atoms with Gasteiger partial charge in [0.05, 0.1) is 12.0 Å². The van der Waals surface area contributed by atoms with Crippen molar-refractivity contribution in [2.75, 3.05) is 7.11 Å². The third kappa shape index (κ3) is 3.17. The van der Waals surface area contributed by atoms with E-state index in [0.29, 0.717) is 0 Å². The van der Waals surface area contributed by atoms with Crippen LogP contribution in [-0.2, 0) is 0 Å². The van der Waals surface area contributed by atoms with Crippen LogP contribution >= 0.6 is 27.7 Å². The Morgan fingerprint density at radius 1 is 1.12 bits per heavy atom. The molecular formula is C13H11BrO2S. The minimum atomic E-state index is 0.278. The second-order valence-corrected chi connectivity index (χ2v) is 5.42. The van der Waals surface area contributed by atoms with Gasteiger partial charge in [0.1, 0.15) is 11.5 Å². The third-order valence-electron chi connectivity index (χ3n) is 2.21. The van der Waals surface area contributed by atoms with Crippen LogP contribution in [-0.4, -0.2) is 12.2 Å². The Hall–Kier alpha value is -1.13. The van der Waals surface area contributed by atoms with Crippen LogP contribution in [0.4, 0.5) is 0 Å². The molecule has 0 radical (unpaired) electrons. The molecule has 0 heterocycles. The van der Waals surface area contributed by atoms with Gasteiger partial charge in [-0.2, -0.15) is 0 Å². The van der Waals surface area contributed by atoms with E-state index in [2.05, 4.69) is 15.9 Å². The van der Waals surface area contributed by atoms with Gasteiger partial charge in [-0.3, -0.25) is 0 Å². The lowest BCUT2D eigenvalue weighted by atomic mass is 10.3. The molecule has 88 valence electrons. The quantitative estimate of drug-likeness (QED) is 0.915. The summed E-state index contributed by atoms with van der Waals surface area (Å²) in [6, 6.07) is 13.2. The minimum absolute atomic E-state index is 0.278. The largest absolute Gasteiger partial charge is 0.507 e. The number of methoxy groups -OCH3 is 1. The van der Waals surface area contributed by atoms with E-state index in [0.717, 1.165) is 20.0 Å². The fourth-order valence-corrected chi connectivity index (χ4v) is 2.52. The lowest BCUT2D eigenvalue weighted by Crippen LogP contribution is -1.81. The molecule has 2 nitrogen and oxygen atoms in total. The van der Waals surface area contributed by atoms with Gasteiger partial charge in [-0.25, -0.2) is 0 Å². The zero-order valence-electron chi connectivity index (χ0n) is 9.18. The van der Waals surface area contributed by atoms with Crippen molar-refractivity contribution in [1.82, 2.24) is 0 Å². The van der Waals surface area contributed by atoms with Crippen molar-refractivity contribution in [2.24, 2.45) is 0 Å². The van der Waals surface area contributed by atoms with Crippen molar-refractivity contribution in [3.63, 3.8) is 0 Å². The Kier molecular flexibility index (Phi) is 3.97. The zero-order chi connectivity index (χ0) is 12.3. The highest BCUT2D eigenvalue weighted by atomic mass is 79.9. The first-order valence-corrected chi connectivity index (χ1v) is 6.60. The van der Waals surface area contributed by atoms with Gasteiger partial charge in [-0.05, 0) is 42.5 Å². The smallest absolute Gasteiger partial charge is 0.130 e. The van der Waals surface area contributed by atoms with Gasteiger partial charge < -0.3 is 9.84 Å². The fraction of sp³-hybridized carbons (Fsp3) is 0.0769. The van der Waals surface area contributed by atoms with Crippen LogP contribution < -0.4 is 4.74 Å². The highest BCUT2D eigenvalue weighted by Gasteiger charge is 2.04. The molecule has 0 aromatic heterocycles. The van der Waals surface area contributed by atoms with Gasteiger partial charge in [-0.15, -0.1) is 0 Å². The van der Waals surface area contributed by atoms with Gasteiger partial charge in [0.2, 0.25) is 0 Å². The van der Waals surface area contributed by atoms with E-state index in [1.165, 1.54) is 11.8 Å². The summed E-state index contributed by atoms with van der Waals surface area (Å²) >= 11 is 4.83. The summed E-state index contributed by atoms with van der Waals surface area (Å²) in [4.78, 5) is 1.89. The number of halogens is 1. The number of aromatic hydroxyl groups is 1. The molecule has 0 saturated carbocycles. The van der Waals surface area contributed by atoms with Crippen molar-refractivity contribution in [2.45, 2.75) is 9.79 Å². The summed E-state index contributed by atoms with van der Waals surface area (Å²) in [6.45, 7) is 0. The molecule has 2 aromatic carbocycles. The minimum Gasteiger partial charge on any atom is -0.507 e. The molecule has 0 bridgehead atoms. The molecule has 0 aliphatic carbocycles. The summed E-state index contributed by atoms with van der Waals surface area (Å²) < 4.78 is 5.96. The van der Waals surface area contributed by atoms with Crippen LogP contribution in [0, 0.1) is 0 Å². The number of hydrogen-bond acceptors (Lipinski definition) is 3. The maximum absolute atomic E-state index is 9.78. The van der Waals surface area contributed by atoms with Crippen LogP contribution in [0.5, 0.6) is 11.5 Å². The molecule has 17 heavy (non-hydrogen) atoms. The topological polar surface area (TPSA) is 29.5 Å². The molecule has 0 fully saturated rings. The van der Waals surface area contributed by atoms with Gasteiger partial charge in [0.15, 0.2) is 0 Å². The highest BCUT2D eigenvalue weighted by Crippen LogP contribution is 2.36. The van der Waals surface area contributed by atoms with E-state index < -0.39 is 0 Å². The summed E-state index contributed by atoms with van der Waals surface area (Å²) in [5.74, 6) is 1.11. The molecule has 2 rings (SSSR count). The lowest BCUT2D eigenvalue weighted by Gasteiger charge is -2.05. The van der Waals surface area contributed by atoms with Crippen molar-refractivity contribution < 1.29 is 9.84 Å². The summed E-state index contributed by atoms with van der Waals surface area (Å²) in [6.07, 6.45) is 0. The monoisotopic (exact) mass is 310 g/mol. The molecule has 0 aliphatic heterocycles. The highest BCUT2D eigenvalue weighted by molar-refractivity contribution is 9.10.